The second-order valence-electron chi connectivity index (χ2n) is 8.11. The van der Waals surface area contributed by atoms with Crippen molar-refractivity contribution in [2.45, 2.75) is 19.8 Å². The molecule has 1 aromatic heterocycles. The maximum atomic E-state index is 3.56. The molecule has 1 nitrogen and oxygen atoms in total. The average molecular weight is 392 g/mol. The van der Waals surface area contributed by atoms with Crippen LogP contribution in [0.2, 0.25) is 0 Å². The third-order valence-corrected chi connectivity index (χ3v) is 7.16. The van der Waals surface area contributed by atoms with Crippen molar-refractivity contribution in [2.24, 2.45) is 0 Å². The molecule has 0 saturated carbocycles. The molecule has 0 saturated heterocycles. The molecule has 1 unspecified atom stereocenters. The Morgan fingerprint density at radius 3 is 2.62 bits per heavy atom. The van der Waals surface area contributed by atoms with E-state index in [0.717, 1.165) is 0 Å². The smallest absolute Gasteiger partial charge is 0.0433 e. The summed E-state index contributed by atoms with van der Waals surface area (Å²) in [6.07, 6.45) is 9.24. The van der Waals surface area contributed by atoms with Gasteiger partial charge in [0, 0.05) is 37.5 Å². The summed E-state index contributed by atoms with van der Waals surface area (Å²) >= 11 is 1.91. The van der Waals surface area contributed by atoms with Crippen LogP contribution < -0.4 is 5.32 Å². The molecule has 0 fully saturated rings. The van der Waals surface area contributed by atoms with Gasteiger partial charge >= 0.3 is 0 Å². The number of para-hydroxylation sites is 1. The van der Waals surface area contributed by atoms with E-state index in [2.05, 4.69) is 98.1 Å². The number of allylic oxidation sites excluding steroid dienone is 5. The zero-order valence-electron chi connectivity index (χ0n) is 16.5. The Morgan fingerprint density at radius 2 is 1.69 bits per heavy atom. The first-order valence-electron chi connectivity index (χ1n) is 10.1. The van der Waals surface area contributed by atoms with E-state index in [0.29, 0.717) is 5.92 Å². The molecule has 2 bridgehead atoms. The molecular weight excluding hydrogens is 370 g/mol. The van der Waals surface area contributed by atoms with Crippen molar-refractivity contribution in [3.8, 4) is 0 Å². The van der Waals surface area contributed by atoms with E-state index in [1.807, 2.05) is 11.3 Å². The molecule has 2 heteroatoms. The van der Waals surface area contributed by atoms with E-state index < -0.39 is 0 Å². The van der Waals surface area contributed by atoms with E-state index >= 15 is 0 Å². The molecule has 2 aliphatic rings. The third kappa shape index (κ3) is 2.67. The normalized spacial score (nSPS) is 17.5. The predicted octanol–water partition coefficient (Wildman–Crippen LogP) is 7.72. The van der Waals surface area contributed by atoms with Gasteiger partial charge in [0.2, 0.25) is 0 Å². The summed E-state index contributed by atoms with van der Waals surface area (Å²) in [7, 11) is 0. The van der Waals surface area contributed by atoms with Gasteiger partial charge in [-0.1, -0.05) is 42.0 Å². The number of hydrogen-bond donors (Lipinski definition) is 1. The van der Waals surface area contributed by atoms with Crippen molar-refractivity contribution in [2.75, 3.05) is 5.32 Å². The number of benzene rings is 3. The van der Waals surface area contributed by atoms with Gasteiger partial charge in [-0.15, -0.1) is 11.3 Å². The van der Waals surface area contributed by atoms with Crippen LogP contribution >= 0.6 is 11.3 Å². The van der Waals surface area contributed by atoms with Crippen molar-refractivity contribution >= 4 is 42.8 Å². The highest BCUT2D eigenvalue weighted by Gasteiger charge is 2.21. The molecule has 6 rings (SSSR count). The first-order chi connectivity index (χ1) is 14.2. The molecule has 0 spiro atoms. The molecule has 4 aromatic rings. The quantitative estimate of drug-likeness (QED) is 0.350. The van der Waals surface area contributed by atoms with Crippen LogP contribution in [0.5, 0.6) is 0 Å². The monoisotopic (exact) mass is 391 g/mol. The van der Waals surface area contributed by atoms with Gasteiger partial charge in [-0.2, -0.15) is 0 Å². The van der Waals surface area contributed by atoms with Crippen LogP contribution in [0.3, 0.4) is 0 Å². The van der Waals surface area contributed by atoms with E-state index in [4.69, 9.17) is 0 Å². The third-order valence-electron chi connectivity index (χ3n) is 5.94. The van der Waals surface area contributed by atoms with Crippen LogP contribution in [0, 0.1) is 13.8 Å². The molecule has 0 amide bonds. The fourth-order valence-electron chi connectivity index (χ4n) is 4.58. The van der Waals surface area contributed by atoms with E-state index in [1.165, 1.54) is 59.4 Å². The predicted molar refractivity (Wildman–Crippen MR) is 127 cm³/mol. The lowest BCUT2D eigenvalue weighted by atomic mass is 9.91. The van der Waals surface area contributed by atoms with Crippen molar-refractivity contribution < 1.29 is 0 Å². The summed E-state index contributed by atoms with van der Waals surface area (Å²) in [5, 5.41) is 6.31. The van der Waals surface area contributed by atoms with Crippen LogP contribution in [0.25, 0.3) is 25.7 Å². The zero-order chi connectivity index (χ0) is 19.5. The Balaban J connectivity index is 1.60. The molecular formula is C27H21NS. The number of anilines is 1. The fraction of sp³-hybridized carbons (Fsp3) is 0.111. The van der Waals surface area contributed by atoms with Crippen LogP contribution in [0.15, 0.2) is 84.6 Å². The largest absolute Gasteiger partial charge is 0.356 e. The van der Waals surface area contributed by atoms with Crippen molar-refractivity contribution in [1.29, 1.82) is 0 Å². The molecule has 1 aliphatic carbocycles. The topological polar surface area (TPSA) is 12.0 Å². The minimum absolute atomic E-state index is 0.291. The van der Waals surface area contributed by atoms with Crippen molar-refractivity contribution in [3.05, 3.63) is 107 Å². The first kappa shape index (κ1) is 16.8. The lowest BCUT2D eigenvalue weighted by Crippen LogP contribution is -2.08. The Bertz CT molecular complexity index is 1400. The average Bonchev–Trinajstić information content (AvgIpc) is 2.98. The Labute approximate surface area is 174 Å². The Morgan fingerprint density at radius 1 is 0.828 bits per heavy atom. The van der Waals surface area contributed by atoms with Crippen LogP contribution in [-0.2, 0) is 0 Å². The van der Waals surface area contributed by atoms with Gasteiger partial charge < -0.3 is 5.32 Å². The SMILES string of the molecule is Cc1ccc2sc3c(C4=CC5C=C(C=C4)Nc4ccccc45)cc(C)cc3c2c1. The minimum atomic E-state index is 0.291. The van der Waals surface area contributed by atoms with Crippen molar-refractivity contribution in [3.63, 3.8) is 0 Å². The summed E-state index contributed by atoms with van der Waals surface area (Å²) in [5.41, 5.74) is 9.00. The summed E-state index contributed by atoms with van der Waals surface area (Å²) in [6, 6.07) is 20.1. The Kier molecular flexibility index (Phi) is 3.60. The number of fused-ring (bicyclic) bond motifs is 6. The number of hydrogen-bond acceptors (Lipinski definition) is 2. The zero-order valence-corrected chi connectivity index (χ0v) is 17.3. The van der Waals surface area contributed by atoms with E-state index in [9.17, 15) is 0 Å². The van der Waals surface area contributed by atoms with Gasteiger partial charge in [-0.3, -0.25) is 0 Å². The molecule has 3 aromatic carbocycles. The highest BCUT2D eigenvalue weighted by atomic mass is 32.1. The summed E-state index contributed by atoms with van der Waals surface area (Å²) in [4.78, 5) is 0. The number of aryl methyl sites for hydroxylation is 2. The summed E-state index contributed by atoms with van der Waals surface area (Å²) in [5.74, 6) is 0.291. The Hall–Kier alpha value is -3.10. The molecule has 140 valence electrons. The van der Waals surface area contributed by atoms with Gasteiger partial charge in [-0.05, 0) is 78.6 Å². The lowest BCUT2D eigenvalue weighted by molar-refractivity contribution is 1.05. The van der Waals surface area contributed by atoms with Gasteiger partial charge in [0.05, 0.1) is 0 Å². The molecule has 29 heavy (non-hydrogen) atoms. The molecule has 2 heterocycles. The van der Waals surface area contributed by atoms with E-state index in [1.54, 1.807) is 0 Å². The molecule has 0 radical (unpaired) electrons. The van der Waals surface area contributed by atoms with Gasteiger partial charge in [0.1, 0.15) is 0 Å². The minimum Gasteiger partial charge on any atom is -0.356 e. The maximum absolute atomic E-state index is 3.56. The second kappa shape index (κ2) is 6.20. The van der Waals surface area contributed by atoms with Crippen molar-refractivity contribution in [1.82, 2.24) is 0 Å². The van der Waals surface area contributed by atoms with Gasteiger partial charge in [-0.25, -0.2) is 0 Å². The standard InChI is InChI=1S/C27H21NS/c1-16-7-10-26-23(11-16)24-13-17(2)12-22(27(24)29-26)18-8-9-20-15-19(14-18)21-5-3-4-6-25(21)28-20/h3-15,19,28H,1-2H3. The molecule has 1 N–H and O–H groups in total. The van der Waals surface area contributed by atoms with Crippen LogP contribution in [-0.4, -0.2) is 0 Å². The lowest BCUT2D eigenvalue weighted by Gasteiger charge is -2.22. The molecule has 1 atom stereocenters. The summed E-state index contributed by atoms with van der Waals surface area (Å²) < 4.78 is 2.75. The van der Waals surface area contributed by atoms with E-state index in [-0.39, 0.29) is 0 Å². The number of rotatable bonds is 1. The maximum Gasteiger partial charge on any atom is 0.0433 e. The summed E-state index contributed by atoms with van der Waals surface area (Å²) in [6.45, 7) is 4.38. The highest BCUT2D eigenvalue weighted by molar-refractivity contribution is 7.26. The van der Waals surface area contributed by atoms with Gasteiger partial charge in [0.25, 0.3) is 0 Å². The second-order valence-corrected chi connectivity index (χ2v) is 9.16. The molecule has 1 aliphatic heterocycles. The van der Waals surface area contributed by atoms with Gasteiger partial charge in [0.15, 0.2) is 0 Å². The number of thiophene rings is 1. The van der Waals surface area contributed by atoms with Crippen LogP contribution in [0.1, 0.15) is 28.2 Å². The highest BCUT2D eigenvalue weighted by Crippen LogP contribution is 2.42. The fourth-order valence-corrected chi connectivity index (χ4v) is 5.78. The first-order valence-corrected chi connectivity index (χ1v) is 10.9. The number of nitrogens with one attached hydrogen (secondary N) is 1. The van der Waals surface area contributed by atoms with Crippen LogP contribution in [0.4, 0.5) is 5.69 Å².